The summed E-state index contributed by atoms with van der Waals surface area (Å²) >= 11 is 9.35. The minimum absolute atomic E-state index is 0. The molecule has 0 aliphatic carbocycles. The van der Waals surface area contributed by atoms with E-state index in [0.29, 0.717) is 5.02 Å². The van der Waals surface area contributed by atoms with Gasteiger partial charge in [-0.25, -0.2) is 0 Å². The van der Waals surface area contributed by atoms with Gasteiger partial charge in [0.2, 0.25) is 0 Å². The predicted octanol–water partition coefficient (Wildman–Crippen LogP) is 5.34. The molecule has 0 saturated carbocycles. The molecule has 21 heavy (non-hydrogen) atoms. The molecule has 0 amide bonds. The van der Waals surface area contributed by atoms with Crippen molar-refractivity contribution in [3.63, 3.8) is 0 Å². The maximum Gasteiger partial charge on any atom is 0.0858 e. The molecular formula is C17H18BrClNaO. The molecular weight excluding hydrogens is 359 g/mol. The Hall–Kier alpha value is 0.170. The molecule has 0 heterocycles. The van der Waals surface area contributed by atoms with Crippen molar-refractivity contribution in [2.24, 2.45) is 0 Å². The van der Waals surface area contributed by atoms with Gasteiger partial charge in [-0.05, 0) is 41.8 Å². The molecule has 0 aliphatic rings. The van der Waals surface area contributed by atoms with Crippen LogP contribution >= 0.6 is 27.5 Å². The second-order valence-electron chi connectivity index (χ2n) is 4.94. The average molecular weight is 377 g/mol. The Morgan fingerprint density at radius 2 is 1.52 bits per heavy atom. The van der Waals surface area contributed by atoms with Crippen molar-refractivity contribution in [1.29, 1.82) is 0 Å². The number of halogens is 2. The van der Waals surface area contributed by atoms with Gasteiger partial charge in [-0.1, -0.05) is 65.1 Å². The van der Waals surface area contributed by atoms with Crippen LogP contribution in [0.25, 0.3) is 0 Å². The van der Waals surface area contributed by atoms with E-state index in [0.717, 1.165) is 28.4 Å². The van der Waals surface area contributed by atoms with Gasteiger partial charge >= 0.3 is 0 Å². The summed E-state index contributed by atoms with van der Waals surface area (Å²) < 4.78 is 1.05. The first kappa shape index (κ1) is 19.2. The van der Waals surface area contributed by atoms with E-state index < -0.39 is 6.10 Å². The first-order valence-electron chi connectivity index (χ1n) is 6.80. The predicted molar refractivity (Wildman–Crippen MR) is 94.0 cm³/mol. The zero-order valence-electron chi connectivity index (χ0n) is 12.4. The molecule has 4 heteroatoms. The van der Waals surface area contributed by atoms with Gasteiger partial charge in [-0.3, -0.25) is 0 Å². The van der Waals surface area contributed by atoms with Crippen molar-refractivity contribution in [3.8, 4) is 0 Å². The average Bonchev–Trinajstić information content (AvgIpc) is 2.46. The Kier molecular flexibility index (Phi) is 8.55. The van der Waals surface area contributed by atoms with Gasteiger partial charge in [0.05, 0.1) is 6.10 Å². The number of benzene rings is 2. The van der Waals surface area contributed by atoms with Crippen LogP contribution in [0.1, 0.15) is 42.9 Å². The second kappa shape index (κ2) is 9.34. The SMILES string of the molecule is CCCC(c1ccc(Br)cc1)C(O)c1ccc(Cl)cc1.[Na]. The van der Waals surface area contributed by atoms with Gasteiger partial charge in [0.1, 0.15) is 0 Å². The number of rotatable bonds is 5. The quantitative estimate of drug-likeness (QED) is 0.698. The second-order valence-corrected chi connectivity index (χ2v) is 6.30. The van der Waals surface area contributed by atoms with Gasteiger partial charge in [0.15, 0.2) is 0 Å². The Labute approximate surface area is 162 Å². The minimum Gasteiger partial charge on any atom is -0.388 e. The molecule has 2 atom stereocenters. The third kappa shape index (κ3) is 5.38. The van der Waals surface area contributed by atoms with Crippen LogP contribution in [0.4, 0.5) is 0 Å². The van der Waals surface area contributed by atoms with Crippen molar-refractivity contribution in [1.82, 2.24) is 0 Å². The summed E-state index contributed by atoms with van der Waals surface area (Å²) in [6.07, 6.45) is 1.48. The van der Waals surface area contributed by atoms with Crippen molar-refractivity contribution in [3.05, 3.63) is 69.2 Å². The summed E-state index contributed by atoms with van der Waals surface area (Å²) in [7, 11) is 0. The van der Waals surface area contributed by atoms with Crippen molar-refractivity contribution >= 4 is 57.1 Å². The Balaban J connectivity index is 0.00000220. The van der Waals surface area contributed by atoms with E-state index in [1.807, 2.05) is 36.4 Å². The molecule has 0 bridgehead atoms. The summed E-state index contributed by atoms with van der Waals surface area (Å²) in [4.78, 5) is 0. The normalized spacial score (nSPS) is 13.3. The number of aliphatic hydroxyl groups excluding tert-OH is 1. The molecule has 0 saturated heterocycles. The summed E-state index contributed by atoms with van der Waals surface area (Å²) in [6, 6.07) is 15.6. The van der Waals surface area contributed by atoms with Crippen LogP contribution in [-0.4, -0.2) is 34.7 Å². The molecule has 1 N–H and O–H groups in total. The zero-order valence-corrected chi connectivity index (χ0v) is 16.7. The summed E-state index contributed by atoms with van der Waals surface area (Å²) in [5.41, 5.74) is 2.08. The fourth-order valence-electron chi connectivity index (χ4n) is 2.42. The molecule has 2 rings (SSSR count). The Morgan fingerprint density at radius 3 is 2.05 bits per heavy atom. The van der Waals surface area contributed by atoms with E-state index in [4.69, 9.17) is 11.6 Å². The summed E-state index contributed by atoms with van der Waals surface area (Å²) in [5, 5.41) is 11.4. The van der Waals surface area contributed by atoms with Crippen LogP contribution in [0.5, 0.6) is 0 Å². The number of hydrogen-bond acceptors (Lipinski definition) is 1. The molecule has 1 radical (unpaired) electrons. The Bertz CT molecular complexity index is 542. The van der Waals surface area contributed by atoms with E-state index in [1.165, 1.54) is 0 Å². The molecule has 0 aliphatic heterocycles. The fraction of sp³-hybridized carbons (Fsp3) is 0.294. The molecule has 0 fully saturated rings. The number of aliphatic hydroxyl groups is 1. The first-order valence-corrected chi connectivity index (χ1v) is 7.98. The maximum atomic E-state index is 10.7. The van der Waals surface area contributed by atoms with Crippen LogP contribution in [0, 0.1) is 0 Å². The third-order valence-electron chi connectivity index (χ3n) is 3.49. The van der Waals surface area contributed by atoms with Crippen LogP contribution in [0.2, 0.25) is 5.02 Å². The van der Waals surface area contributed by atoms with E-state index in [1.54, 1.807) is 0 Å². The van der Waals surface area contributed by atoms with E-state index in [-0.39, 0.29) is 35.5 Å². The largest absolute Gasteiger partial charge is 0.388 e. The Morgan fingerprint density at radius 1 is 1.00 bits per heavy atom. The maximum absolute atomic E-state index is 10.7. The molecule has 2 aromatic carbocycles. The van der Waals surface area contributed by atoms with E-state index in [9.17, 15) is 5.11 Å². The first-order chi connectivity index (χ1) is 9.61. The van der Waals surface area contributed by atoms with Gasteiger partial charge in [0, 0.05) is 45.0 Å². The molecule has 0 aromatic heterocycles. The number of hydrogen-bond donors (Lipinski definition) is 1. The molecule has 107 valence electrons. The standard InChI is InChI=1S/C17H18BrClO.Na/c1-2-3-16(12-4-8-14(18)9-5-12)17(20)13-6-10-15(19)11-7-13;/h4-11,16-17,20H,2-3H2,1H3;. The van der Waals surface area contributed by atoms with E-state index >= 15 is 0 Å². The minimum atomic E-state index is -0.506. The van der Waals surface area contributed by atoms with Crippen LogP contribution in [-0.2, 0) is 0 Å². The van der Waals surface area contributed by atoms with Crippen LogP contribution < -0.4 is 0 Å². The van der Waals surface area contributed by atoms with Gasteiger partial charge in [0.25, 0.3) is 0 Å². The van der Waals surface area contributed by atoms with Crippen molar-refractivity contribution in [2.75, 3.05) is 0 Å². The summed E-state index contributed by atoms with van der Waals surface area (Å²) in [6.45, 7) is 2.14. The molecule has 2 aromatic rings. The van der Waals surface area contributed by atoms with Gasteiger partial charge in [-0.15, -0.1) is 0 Å². The monoisotopic (exact) mass is 375 g/mol. The van der Waals surface area contributed by atoms with Crippen molar-refractivity contribution < 1.29 is 5.11 Å². The smallest absolute Gasteiger partial charge is 0.0858 e. The summed E-state index contributed by atoms with van der Waals surface area (Å²) in [5.74, 6) is 0.106. The van der Waals surface area contributed by atoms with Crippen LogP contribution in [0.3, 0.4) is 0 Å². The van der Waals surface area contributed by atoms with E-state index in [2.05, 4.69) is 35.0 Å². The van der Waals surface area contributed by atoms with Gasteiger partial charge < -0.3 is 5.11 Å². The topological polar surface area (TPSA) is 20.2 Å². The molecule has 0 spiro atoms. The third-order valence-corrected chi connectivity index (χ3v) is 4.27. The van der Waals surface area contributed by atoms with Gasteiger partial charge in [-0.2, -0.15) is 0 Å². The molecule has 1 nitrogen and oxygen atoms in total. The molecule has 2 unspecified atom stereocenters. The van der Waals surface area contributed by atoms with Crippen molar-refractivity contribution in [2.45, 2.75) is 31.8 Å². The zero-order chi connectivity index (χ0) is 14.5. The fourth-order valence-corrected chi connectivity index (χ4v) is 2.81. The van der Waals surface area contributed by atoms with Crippen LogP contribution in [0.15, 0.2) is 53.0 Å².